The summed E-state index contributed by atoms with van der Waals surface area (Å²) < 4.78 is 15.8. The lowest BCUT2D eigenvalue weighted by Crippen LogP contribution is -2.52. The Morgan fingerprint density at radius 1 is 1.05 bits per heavy atom. The molecule has 10 heteroatoms. The summed E-state index contributed by atoms with van der Waals surface area (Å²) in [6.45, 7) is 5.45. The predicted octanol–water partition coefficient (Wildman–Crippen LogP) is 4.24. The molecule has 0 unspecified atom stereocenters. The first-order chi connectivity index (χ1) is 17.9. The van der Waals surface area contributed by atoms with Crippen molar-refractivity contribution in [1.82, 2.24) is 10.6 Å². The molecule has 4 bridgehead atoms. The summed E-state index contributed by atoms with van der Waals surface area (Å²) in [5, 5.41) is 5.34. The number of nitrogens with one attached hydrogen (secondary N) is 2. The first-order valence-electron chi connectivity index (χ1n) is 13.5. The van der Waals surface area contributed by atoms with Crippen LogP contribution in [0.4, 0.5) is 4.79 Å². The van der Waals surface area contributed by atoms with Crippen LogP contribution in [0, 0.1) is 23.2 Å². The summed E-state index contributed by atoms with van der Waals surface area (Å²) in [6.07, 6.45) is 7.29. The van der Waals surface area contributed by atoms with E-state index in [2.05, 4.69) is 15.4 Å². The zero-order chi connectivity index (χ0) is 27.5. The smallest absolute Gasteiger partial charge is 0.407 e. The standard InChI is InChI=1S/C28H40N2O7S/c1-27(2,3)37-25(33)21(15-29-24(32)22-7-5-20(38-22)6-8-23(31)35-4)30-26(34)36-16-28-12-17-9-18(13-28)11-19(10-17)14-28/h5,7,17-19,21H,6,8-16H2,1-4H3,(H,29,32)(H,30,34)/t17?,18?,19?,21-,28?/m0/s1. The van der Waals surface area contributed by atoms with Crippen molar-refractivity contribution in [2.24, 2.45) is 23.2 Å². The third kappa shape index (κ3) is 7.48. The lowest BCUT2D eigenvalue weighted by atomic mass is 9.50. The van der Waals surface area contributed by atoms with Crippen LogP contribution in [0.1, 0.15) is 80.3 Å². The minimum absolute atomic E-state index is 0.0620. The molecule has 0 radical (unpaired) electrons. The Kier molecular flexibility index (Phi) is 8.69. The Morgan fingerprint density at radius 3 is 2.26 bits per heavy atom. The van der Waals surface area contributed by atoms with Gasteiger partial charge in [0.1, 0.15) is 11.6 Å². The molecule has 2 N–H and O–H groups in total. The van der Waals surface area contributed by atoms with Gasteiger partial charge in [0.15, 0.2) is 0 Å². The number of amides is 2. The van der Waals surface area contributed by atoms with Crippen LogP contribution in [-0.4, -0.2) is 55.8 Å². The number of alkyl carbamates (subject to hydrolysis) is 1. The van der Waals surface area contributed by atoms with Gasteiger partial charge in [0.05, 0.1) is 25.0 Å². The van der Waals surface area contributed by atoms with Gasteiger partial charge in [-0.15, -0.1) is 11.3 Å². The molecule has 5 rings (SSSR count). The summed E-state index contributed by atoms with van der Waals surface area (Å²) in [4.78, 5) is 51.1. The third-order valence-electron chi connectivity index (χ3n) is 7.81. The average molecular weight is 549 g/mol. The van der Waals surface area contributed by atoms with Crippen molar-refractivity contribution in [3.63, 3.8) is 0 Å². The van der Waals surface area contributed by atoms with E-state index in [1.165, 1.54) is 37.7 Å². The summed E-state index contributed by atoms with van der Waals surface area (Å²) >= 11 is 1.26. The monoisotopic (exact) mass is 548 g/mol. The van der Waals surface area contributed by atoms with Crippen molar-refractivity contribution in [2.45, 2.75) is 83.8 Å². The number of esters is 2. The molecule has 4 fully saturated rings. The van der Waals surface area contributed by atoms with Crippen LogP contribution < -0.4 is 10.6 Å². The fourth-order valence-corrected chi connectivity index (χ4v) is 7.60. The maximum absolute atomic E-state index is 12.9. The molecule has 38 heavy (non-hydrogen) atoms. The van der Waals surface area contributed by atoms with Crippen LogP contribution in [0.2, 0.25) is 0 Å². The molecule has 4 aliphatic carbocycles. The highest BCUT2D eigenvalue weighted by atomic mass is 32.1. The molecular weight excluding hydrogens is 508 g/mol. The fourth-order valence-electron chi connectivity index (χ4n) is 6.68. The molecule has 210 valence electrons. The van der Waals surface area contributed by atoms with E-state index in [4.69, 9.17) is 9.47 Å². The number of hydrogen-bond acceptors (Lipinski definition) is 8. The van der Waals surface area contributed by atoms with Crippen molar-refractivity contribution < 1.29 is 33.4 Å². The Bertz CT molecular complexity index is 1010. The molecule has 4 saturated carbocycles. The lowest BCUT2D eigenvalue weighted by molar-refractivity contribution is -0.157. The molecule has 0 aliphatic heterocycles. The van der Waals surface area contributed by atoms with E-state index in [-0.39, 0.29) is 30.3 Å². The zero-order valence-corrected chi connectivity index (χ0v) is 23.6. The molecule has 0 saturated heterocycles. The quantitative estimate of drug-likeness (QED) is 0.332. The van der Waals surface area contributed by atoms with E-state index in [9.17, 15) is 19.2 Å². The second kappa shape index (κ2) is 11.6. The van der Waals surface area contributed by atoms with E-state index in [0.717, 1.165) is 41.9 Å². The lowest BCUT2D eigenvalue weighted by Gasteiger charge is -2.56. The molecule has 4 aliphatic rings. The second-order valence-corrected chi connectivity index (χ2v) is 13.4. The van der Waals surface area contributed by atoms with Gasteiger partial charge in [0.25, 0.3) is 5.91 Å². The minimum atomic E-state index is -1.10. The number of ether oxygens (including phenoxy) is 3. The SMILES string of the molecule is COC(=O)CCc1ccc(C(=O)NC[C@H](NC(=O)OCC23CC4CC(CC(C4)C2)C3)C(=O)OC(C)(C)C)s1. The molecule has 2 amide bonds. The molecule has 1 aromatic rings. The fraction of sp³-hybridized carbons (Fsp3) is 0.714. The molecule has 1 heterocycles. The zero-order valence-electron chi connectivity index (χ0n) is 22.8. The predicted molar refractivity (Wildman–Crippen MR) is 142 cm³/mol. The Labute approximate surface area is 228 Å². The van der Waals surface area contributed by atoms with E-state index < -0.39 is 23.7 Å². The Balaban J connectivity index is 1.31. The summed E-state index contributed by atoms with van der Waals surface area (Å²) in [5.74, 6) is 0.902. The van der Waals surface area contributed by atoms with Crippen molar-refractivity contribution >= 4 is 35.3 Å². The van der Waals surface area contributed by atoms with Gasteiger partial charge in [0, 0.05) is 16.8 Å². The maximum atomic E-state index is 12.9. The highest BCUT2D eigenvalue weighted by Gasteiger charge is 2.51. The van der Waals surface area contributed by atoms with Gasteiger partial charge in [-0.05, 0) is 95.6 Å². The number of rotatable bonds is 10. The Hall–Kier alpha value is -2.62. The average Bonchev–Trinajstić information content (AvgIpc) is 3.31. The van der Waals surface area contributed by atoms with E-state index in [1.807, 2.05) is 0 Å². The molecule has 0 spiro atoms. The van der Waals surface area contributed by atoms with Crippen molar-refractivity contribution in [3.05, 3.63) is 21.9 Å². The normalized spacial score (nSPS) is 26.4. The van der Waals surface area contributed by atoms with E-state index in [1.54, 1.807) is 32.9 Å². The van der Waals surface area contributed by atoms with Gasteiger partial charge in [-0.1, -0.05) is 0 Å². The summed E-state index contributed by atoms with van der Waals surface area (Å²) in [5.41, 5.74) is -0.696. The van der Waals surface area contributed by atoms with Gasteiger partial charge in [-0.3, -0.25) is 9.59 Å². The second-order valence-electron chi connectivity index (χ2n) is 12.3. The van der Waals surface area contributed by atoms with Crippen LogP contribution in [-0.2, 0) is 30.2 Å². The molecule has 1 atom stereocenters. The topological polar surface area (TPSA) is 120 Å². The highest BCUT2D eigenvalue weighted by molar-refractivity contribution is 7.14. The third-order valence-corrected chi connectivity index (χ3v) is 8.96. The highest BCUT2D eigenvalue weighted by Crippen LogP contribution is 2.60. The first kappa shape index (κ1) is 28.4. The van der Waals surface area contributed by atoms with Gasteiger partial charge in [-0.2, -0.15) is 0 Å². The Morgan fingerprint density at radius 2 is 1.68 bits per heavy atom. The largest absolute Gasteiger partial charge is 0.469 e. The number of carbonyl (C=O) groups excluding carboxylic acids is 4. The number of methoxy groups -OCH3 is 1. The summed E-state index contributed by atoms with van der Waals surface area (Å²) in [6, 6.07) is 2.36. The molecular formula is C28H40N2O7S. The van der Waals surface area contributed by atoms with Gasteiger partial charge in [-0.25, -0.2) is 9.59 Å². The summed E-state index contributed by atoms with van der Waals surface area (Å²) in [7, 11) is 1.34. The minimum Gasteiger partial charge on any atom is -0.469 e. The number of hydrogen-bond donors (Lipinski definition) is 2. The first-order valence-corrected chi connectivity index (χ1v) is 14.4. The number of carbonyl (C=O) groups is 4. The van der Waals surface area contributed by atoms with E-state index >= 15 is 0 Å². The van der Waals surface area contributed by atoms with Crippen molar-refractivity contribution in [1.29, 1.82) is 0 Å². The molecule has 9 nitrogen and oxygen atoms in total. The number of thiophene rings is 1. The van der Waals surface area contributed by atoms with Crippen LogP contribution in [0.15, 0.2) is 12.1 Å². The van der Waals surface area contributed by atoms with Crippen LogP contribution in [0.25, 0.3) is 0 Å². The van der Waals surface area contributed by atoms with Crippen LogP contribution in [0.3, 0.4) is 0 Å². The van der Waals surface area contributed by atoms with Crippen molar-refractivity contribution in [3.8, 4) is 0 Å². The van der Waals surface area contributed by atoms with Crippen LogP contribution >= 0.6 is 11.3 Å². The van der Waals surface area contributed by atoms with Gasteiger partial charge >= 0.3 is 18.0 Å². The van der Waals surface area contributed by atoms with Gasteiger partial charge < -0.3 is 24.8 Å². The van der Waals surface area contributed by atoms with Crippen LogP contribution in [0.5, 0.6) is 0 Å². The molecule has 1 aromatic heterocycles. The number of aryl methyl sites for hydroxylation is 1. The maximum Gasteiger partial charge on any atom is 0.407 e. The van der Waals surface area contributed by atoms with Gasteiger partial charge in [0.2, 0.25) is 0 Å². The van der Waals surface area contributed by atoms with E-state index in [0.29, 0.717) is 17.9 Å². The molecule has 0 aromatic carbocycles. The van der Waals surface area contributed by atoms with Crippen molar-refractivity contribution in [2.75, 3.05) is 20.3 Å².